The van der Waals surface area contributed by atoms with Crippen molar-refractivity contribution in [2.75, 3.05) is 5.75 Å². The van der Waals surface area contributed by atoms with Gasteiger partial charge in [-0.15, -0.1) is 0 Å². The van der Waals surface area contributed by atoms with Gasteiger partial charge in [0.15, 0.2) is 0 Å². The summed E-state index contributed by atoms with van der Waals surface area (Å²) in [6, 6.07) is 4.13. The van der Waals surface area contributed by atoms with E-state index >= 15 is 0 Å². The Balaban J connectivity index is 1.93. The summed E-state index contributed by atoms with van der Waals surface area (Å²) >= 11 is 7.72. The molecular formula is C13H16ClFOS. The summed E-state index contributed by atoms with van der Waals surface area (Å²) in [5.41, 5.74) is 0.497. The van der Waals surface area contributed by atoms with E-state index in [9.17, 15) is 9.50 Å². The van der Waals surface area contributed by atoms with Gasteiger partial charge in [-0.1, -0.05) is 24.4 Å². The van der Waals surface area contributed by atoms with E-state index in [0.29, 0.717) is 21.6 Å². The molecule has 1 aromatic carbocycles. The SMILES string of the molecule is OC(CSC1CCCC1)c1cc(F)ccc1Cl. The fourth-order valence-corrected chi connectivity index (χ4v) is 3.69. The Bertz CT molecular complexity index is 380. The molecule has 94 valence electrons. The van der Waals surface area contributed by atoms with Gasteiger partial charge in [0.2, 0.25) is 0 Å². The van der Waals surface area contributed by atoms with Gasteiger partial charge in [-0.25, -0.2) is 4.39 Å². The zero-order valence-electron chi connectivity index (χ0n) is 9.53. The third-order valence-electron chi connectivity index (χ3n) is 3.11. The van der Waals surface area contributed by atoms with Crippen molar-refractivity contribution >= 4 is 23.4 Å². The molecule has 0 saturated heterocycles. The Kier molecular flexibility index (Phi) is 4.71. The van der Waals surface area contributed by atoms with Crippen molar-refractivity contribution in [2.45, 2.75) is 37.0 Å². The maximum absolute atomic E-state index is 13.1. The molecule has 17 heavy (non-hydrogen) atoms. The second-order valence-electron chi connectivity index (χ2n) is 4.42. The molecular weight excluding hydrogens is 259 g/mol. The van der Waals surface area contributed by atoms with Crippen LogP contribution in [0.15, 0.2) is 18.2 Å². The van der Waals surface area contributed by atoms with Crippen LogP contribution in [0, 0.1) is 5.82 Å². The molecule has 1 aromatic rings. The summed E-state index contributed by atoms with van der Waals surface area (Å²) < 4.78 is 13.1. The van der Waals surface area contributed by atoms with E-state index in [4.69, 9.17) is 11.6 Å². The van der Waals surface area contributed by atoms with Gasteiger partial charge in [-0.05, 0) is 31.0 Å². The van der Waals surface area contributed by atoms with E-state index < -0.39 is 6.10 Å². The summed E-state index contributed by atoms with van der Waals surface area (Å²) in [7, 11) is 0. The van der Waals surface area contributed by atoms with Gasteiger partial charge in [-0.3, -0.25) is 0 Å². The number of benzene rings is 1. The van der Waals surface area contributed by atoms with Crippen molar-refractivity contribution in [3.05, 3.63) is 34.6 Å². The Hall–Kier alpha value is -0.250. The van der Waals surface area contributed by atoms with Crippen LogP contribution in [0.3, 0.4) is 0 Å². The summed E-state index contributed by atoms with van der Waals surface area (Å²) in [5.74, 6) is 0.239. The average Bonchev–Trinajstić information content (AvgIpc) is 2.82. The number of aliphatic hydroxyl groups is 1. The maximum Gasteiger partial charge on any atom is 0.123 e. The molecule has 1 aliphatic rings. The van der Waals surface area contributed by atoms with Gasteiger partial charge in [0.1, 0.15) is 5.82 Å². The van der Waals surface area contributed by atoms with Crippen molar-refractivity contribution in [3.63, 3.8) is 0 Å². The minimum absolute atomic E-state index is 0.352. The van der Waals surface area contributed by atoms with Gasteiger partial charge < -0.3 is 5.11 Å². The maximum atomic E-state index is 13.1. The second kappa shape index (κ2) is 6.07. The Morgan fingerprint density at radius 3 is 2.82 bits per heavy atom. The first-order valence-electron chi connectivity index (χ1n) is 5.91. The summed E-state index contributed by atoms with van der Waals surface area (Å²) in [6.45, 7) is 0. The first kappa shape index (κ1) is 13.2. The lowest BCUT2D eigenvalue weighted by atomic mass is 10.1. The van der Waals surface area contributed by atoms with Crippen molar-refractivity contribution in [3.8, 4) is 0 Å². The molecule has 1 atom stereocenters. The van der Waals surface area contributed by atoms with Crippen molar-refractivity contribution < 1.29 is 9.50 Å². The van der Waals surface area contributed by atoms with Gasteiger partial charge >= 0.3 is 0 Å². The predicted molar refractivity (Wildman–Crippen MR) is 71.1 cm³/mol. The van der Waals surface area contributed by atoms with Gasteiger partial charge in [-0.2, -0.15) is 11.8 Å². The van der Waals surface area contributed by atoms with Crippen LogP contribution >= 0.6 is 23.4 Å². The van der Waals surface area contributed by atoms with E-state index in [0.717, 1.165) is 0 Å². The van der Waals surface area contributed by atoms with Crippen LogP contribution in [-0.4, -0.2) is 16.1 Å². The van der Waals surface area contributed by atoms with Crippen LogP contribution in [0.2, 0.25) is 5.02 Å². The Labute approximate surface area is 110 Å². The Morgan fingerprint density at radius 2 is 2.12 bits per heavy atom. The van der Waals surface area contributed by atoms with Crippen LogP contribution in [0.4, 0.5) is 4.39 Å². The van der Waals surface area contributed by atoms with Crippen LogP contribution < -0.4 is 0 Å². The molecule has 0 aliphatic heterocycles. The van der Waals surface area contributed by atoms with E-state index in [-0.39, 0.29) is 5.82 Å². The molecule has 1 unspecified atom stereocenters. The summed E-state index contributed by atoms with van der Waals surface area (Å²) in [4.78, 5) is 0. The molecule has 2 rings (SSSR count). The fourth-order valence-electron chi connectivity index (χ4n) is 2.14. The minimum atomic E-state index is -0.677. The molecule has 1 N–H and O–H groups in total. The highest BCUT2D eigenvalue weighted by Gasteiger charge is 2.19. The molecule has 1 nitrogen and oxygen atoms in total. The lowest BCUT2D eigenvalue weighted by molar-refractivity contribution is 0.203. The van der Waals surface area contributed by atoms with Crippen LogP contribution in [0.25, 0.3) is 0 Å². The van der Waals surface area contributed by atoms with Crippen molar-refractivity contribution in [1.29, 1.82) is 0 Å². The lowest BCUT2D eigenvalue weighted by Crippen LogP contribution is -2.06. The first-order chi connectivity index (χ1) is 8.16. The van der Waals surface area contributed by atoms with E-state index in [1.807, 2.05) is 0 Å². The molecule has 0 heterocycles. The molecule has 4 heteroatoms. The number of hydrogen-bond donors (Lipinski definition) is 1. The monoisotopic (exact) mass is 274 g/mol. The van der Waals surface area contributed by atoms with E-state index in [1.54, 1.807) is 11.8 Å². The quantitative estimate of drug-likeness (QED) is 0.888. The summed E-state index contributed by atoms with van der Waals surface area (Å²) in [5, 5.41) is 11.1. The highest BCUT2D eigenvalue weighted by atomic mass is 35.5. The smallest absolute Gasteiger partial charge is 0.123 e. The molecule has 0 aromatic heterocycles. The van der Waals surface area contributed by atoms with Crippen molar-refractivity contribution in [1.82, 2.24) is 0 Å². The number of aliphatic hydroxyl groups excluding tert-OH is 1. The number of thioether (sulfide) groups is 1. The largest absolute Gasteiger partial charge is 0.387 e. The second-order valence-corrected chi connectivity index (χ2v) is 6.16. The highest BCUT2D eigenvalue weighted by molar-refractivity contribution is 7.99. The topological polar surface area (TPSA) is 20.2 Å². The molecule has 1 aliphatic carbocycles. The average molecular weight is 275 g/mol. The Morgan fingerprint density at radius 1 is 1.41 bits per heavy atom. The molecule has 0 spiro atoms. The molecule has 0 radical (unpaired) electrons. The zero-order chi connectivity index (χ0) is 12.3. The molecule has 0 bridgehead atoms. The number of rotatable bonds is 4. The third-order valence-corrected chi connectivity index (χ3v) is 4.90. The predicted octanol–water partition coefficient (Wildman–Crippen LogP) is 4.19. The van der Waals surface area contributed by atoms with Crippen LogP contribution in [0.5, 0.6) is 0 Å². The minimum Gasteiger partial charge on any atom is -0.387 e. The van der Waals surface area contributed by atoms with E-state index in [1.165, 1.54) is 43.9 Å². The van der Waals surface area contributed by atoms with E-state index in [2.05, 4.69) is 0 Å². The van der Waals surface area contributed by atoms with Crippen LogP contribution in [-0.2, 0) is 0 Å². The standard InChI is InChI=1S/C13H16ClFOS/c14-12-6-5-9(15)7-11(12)13(16)8-17-10-3-1-2-4-10/h5-7,10,13,16H,1-4,8H2. The van der Waals surface area contributed by atoms with Gasteiger partial charge in [0.05, 0.1) is 6.10 Å². The van der Waals surface area contributed by atoms with Crippen molar-refractivity contribution in [2.24, 2.45) is 0 Å². The molecule has 0 amide bonds. The van der Waals surface area contributed by atoms with Gasteiger partial charge in [0, 0.05) is 21.6 Å². The number of hydrogen-bond acceptors (Lipinski definition) is 2. The van der Waals surface area contributed by atoms with Crippen LogP contribution in [0.1, 0.15) is 37.4 Å². The highest BCUT2D eigenvalue weighted by Crippen LogP contribution is 2.33. The van der Waals surface area contributed by atoms with Gasteiger partial charge in [0.25, 0.3) is 0 Å². The molecule has 1 fully saturated rings. The zero-order valence-corrected chi connectivity index (χ0v) is 11.1. The number of halogens is 2. The summed E-state index contributed by atoms with van der Waals surface area (Å²) in [6.07, 6.45) is 4.36. The normalized spacial score (nSPS) is 18.5. The first-order valence-corrected chi connectivity index (χ1v) is 7.34. The molecule has 1 saturated carbocycles. The lowest BCUT2D eigenvalue weighted by Gasteiger charge is -2.15. The third kappa shape index (κ3) is 3.60. The fraction of sp³-hybridized carbons (Fsp3) is 0.538.